The first kappa shape index (κ1) is 18.1. The van der Waals surface area contributed by atoms with Gasteiger partial charge in [-0.25, -0.2) is 9.13 Å². The van der Waals surface area contributed by atoms with E-state index in [0.717, 1.165) is 0 Å². The lowest BCUT2D eigenvalue weighted by molar-refractivity contribution is -0.245. The summed E-state index contributed by atoms with van der Waals surface area (Å²) in [5, 5.41) is 28.8. The van der Waals surface area contributed by atoms with Gasteiger partial charge in [-0.1, -0.05) is 0 Å². The van der Waals surface area contributed by atoms with Crippen molar-refractivity contribution in [2.75, 3.05) is 13.2 Å². The zero-order valence-electron chi connectivity index (χ0n) is 9.71. The molecule has 1 aliphatic rings. The van der Waals surface area contributed by atoms with E-state index in [9.17, 15) is 24.4 Å². The molecule has 0 aromatic heterocycles. The summed E-state index contributed by atoms with van der Waals surface area (Å²) in [4.78, 5) is 33.9. The molecule has 0 spiro atoms. The molecule has 1 aliphatic heterocycles. The lowest BCUT2D eigenvalue weighted by Gasteiger charge is -2.25. The number of aliphatic hydroxyl groups is 3. The van der Waals surface area contributed by atoms with Crippen LogP contribution in [0.25, 0.3) is 0 Å². The van der Waals surface area contributed by atoms with Crippen molar-refractivity contribution in [2.45, 2.75) is 24.1 Å². The molecule has 7 N–H and O–H groups in total. The Hall–Kier alpha value is 0.0600. The van der Waals surface area contributed by atoms with E-state index in [1.54, 1.807) is 0 Å². The summed E-state index contributed by atoms with van der Waals surface area (Å²) < 4.78 is 33.6. The zero-order valence-corrected chi connectivity index (χ0v) is 11.5. The molecule has 14 heteroatoms. The van der Waals surface area contributed by atoms with Crippen molar-refractivity contribution in [1.29, 1.82) is 0 Å². The van der Waals surface area contributed by atoms with Crippen molar-refractivity contribution in [3.8, 4) is 0 Å². The Morgan fingerprint density at radius 1 is 1.05 bits per heavy atom. The summed E-state index contributed by atoms with van der Waals surface area (Å²) >= 11 is 0. The fourth-order valence-electron chi connectivity index (χ4n) is 1.47. The zero-order chi connectivity index (χ0) is 15.8. The second-order valence-electron chi connectivity index (χ2n) is 3.99. The van der Waals surface area contributed by atoms with Gasteiger partial charge in [0.2, 0.25) is 5.79 Å². The first-order chi connectivity index (χ1) is 8.84. The van der Waals surface area contributed by atoms with Crippen LogP contribution in [0, 0.1) is 0 Å². The van der Waals surface area contributed by atoms with Gasteiger partial charge < -0.3 is 39.6 Å². The van der Waals surface area contributed by atoms with Crippen LogP contribution in [-0.4, -0.2) is 72.2 Å². The number of phosphoric acid groups is 2. The Labute approximate surface area is 112 Å². The van der Waals surface area contributed by atoms with Crippen LogP contribution in [-0.2, 0) is 22.9 Å². The normalized spacial score (nSPS) is 35.5. The van der Waals surface area contributed by atoms with Gasteiger partial charge in [-0.15, -0.1) is 0 Å². The van der Waals surface area contributed by atoms with E-state index < -0.39 is 53.0 Å². The molecule has 4 atom stereocenters. The Bertz CT molecular complexity index is 428. The van der Waals surface area contributed by atoms with Crippen LogP contribution in [0.4, 0.5) is 0 Å². The van der Waals surface area contributed by atoms with Crippen molar-refractivity contribution in [3.05, 3.63) is 0 Å². The molecule has 1 heterocycles. The number of phosphoric ester groups is 2. The minimum absolute atomic E-state index is 0.874. The molecule has 0 amide bonds. The average Bonchev–Trinajstić information content (AvgIpc) is 2.48. The quantitative estimate of drug-likeness (QED) is 0.242. The summed E-state index contributed by atoms with van der Waals surface area (Å²) in [6.07, 6.45) is -5.38. The SMILES string of the molecule is O=P(O)(O)OC[C@@H]1O[C@@](O)(COP(=O)(O)O)[C@H](O)[C@H]1O. The molecule has 12 nitrogen and oxygen atoms in total. The van der Waals surface area contributed by atoms with E-state index in [1.807, 2.05) is 0 Å². The molecule has 120 valence electrons. The summed E-state index contributed by atoms with van der Waals surface area (Å²) in [7, 11) is -9.82. The standard InChI is InChI=1S/C6H14O12P2/c7-4-3(1-16-19(10,11)12)18-6(9,5(4)8)2-17-20(13,14)15/h3-5,7-9H,1-2H2,(H2,10,11,12)(H2,13,14,15)/t3-,4-,5+,6-/m0/s1. The predicted octanol–water partition coefficient (Wildman–Crippen LogP) is -2.99. The topological polar surface area (TPSA) is 203 Å². The van der Waals surface area contributed by atoms with Crippen molar-refractivity contribution < 1.29 is 57.8 Å². The summed E-state index contributed by atoms with van der Waals surface area (Å²) in [6.45, 7) is -2.05. The molecule has 1 saturated heterocycles. The minimum atomic E-state index is -4.96. The Morgan fingerprint density at radius 3 is 2.00 bits per heavy atom. The van der Waals surface area contributed by atoms with E-state index >= 15 is 0 Å². The number of ether oxygens (including phenoxy) is 1. The molecule has 0 radical (unpaired) electrons. The fraction of sp³-hybridized carbons (Fsp3) is 1.00. The van der Waals surface area contributed by atoms with Crippen LogP contribution >= 0.6 is 15.6 Å². The largest absolute Gasteiger partial charge is 0.469 e. The van der Waals surface area contributed by atoms with Gasteiger partial charge in [-0.05, 0) is 0 Å². The second-order valence-corrected chi connectivity index (χ2v) is 6.47. The van der Waals surface area contributed by atoms with Crippen LogP contribution in [0.1, 0.15) is 0 Å². The molecule has 0 aromatic carbocycles. The highest BCUT2D eigenvalue weighted by molar-refractivity contribution is 7.46. The second kappa shape index (κ2) is 6.05. The number of rotatable bonds is 6. The number of hydrogen-bond acceptors (Lipinski definition) is 8. The van der Waals surface area contributed by atoms with Crippen molar-refractivity contribution in [2.24, 2.45) is 0 Å². The van der Waals surface area contributed by atoms with Crippen molar-refractivity contribution >= 4 is 15.6 Å². The molecule has 0 aromatic rings. The summed E-state index contributed by atoms with van der Waals surface area (Å²) in [5.41, 5.74) is 0. The number of aliphatic hydroxyl groups excluding tert-OH is 2. The Kier molecular flexibility index (Phi) is 5.48. The third-order valence-electron chi connectivity index (χ3n) is 2.37. The maximum Gasteiger partial charge on any atom is 0.469 e. The molecule has 1 rings (SSSR count). The van der Waals surface area contributed by atoms with Gasteiger partial charge in [-0.2, -0.15) is 0 Å². The van der Waals surface area contributed by atoms with Gasteiger partial charge in [0.15, 0.2) is 0 Å². The third kappa shape index (κ3) is 5.11. The van der Waals surface area contributed by atoms with Gasteiger partial charge in [0.25, 0.3) is 0 Å². The van der Waals surface area contributed by atoms with Crippen LogP contribution in [0.5, 0.6) is 0 Å². The van der Waals surface area contributed by atoms with E-state index in [0.29, 0.717) is 0 Å². The molecular weight excluding hydrogens is 326 g/mol. The molecule has 0 bridgehead atoms. The van der Waals surface area contributed by atoms with Crippen LogP contribution in [0.15, 0.2) is 0 Å². The lowest BCUT2D eigenvalue weighted by Crippen LogP contribution is -2.46. The van der Waals surface area contributed by atoms with E-state index in [2.05, 4.69) is 13.8 Å². The molecule has 0 saturated carbocycles. The molecule has 1 fully saturated rings. The monoisotopic (exact) mass is 340 g/mol. The molecular formula is C6H14O12P2. The van der Waals surface area contributed by atoms with Crippen LogP contribution in [0.2, 0.25) is 0 Å². The van der Waals surface area contributed by atoms with Gasteiger partial charge in [0, 0.05) is 0 Å². The number of hydrogen-bond donors (Lipinski definition) is 7. The Balaban J connectivity index is 2.67. The molecule has 0 aliphatic carbocycles. The van der Waals surface area contributed by atoms with Crippen molar-refractivity contribution in [1.82, 2.24) is 0 Å². The van der Waals surface area contributed by atoms with Gasteiger partial charge in [0.05, 0.1) is 6.61 Å². The lowest BCUT2D eigenvalue weighted by atomic mass is 10.1. The summed E-state index contributed by atoms with van der Waals surface area (Å²) in [6, 6.07) is 0. The first-order valence-electron chi connectivity index (χ1n) is 5.00. The molecule has 0 unspecified atom stereocenters. The van der Waals surface area contributed by atoms with Crippen LogP contribution < -0.4 is 0 Å². The molecule has 20 heavy (non-hydrogen) atoms. The average molecular weight is 340 g/mol. The van der Waals surface area contributed by atoms with Gasteiger partial charge >= 0.3 is 15.6 Å². The predicted molar refractivity (Wildman–Crippen MR) is 57.8 cm³/mol. The van der Waals surface area contributed by atoms with E-state index in [1.165, 1.54) is 0 Å². The van der Waals surface area contributed by atoms with E-state index in [4.69, 9.17) is 19.6 Å². The van der Waals surface area contributed by atoms with Crippen molar-refractivity contribution in [3.63, 3.8) is 0 Å². The third-order valence-corrected chi connectivity index (χ3v) is 3.32. The van der Waals surface area contributed by atoms with Crippen LogP contribution in [0.3, 0.4) is 0 Å². The Morgan fingerprint density at radius 2 is 1.55 bits per heavy atom. The first-order valence-corrected chi connectivity index (χ1v) is 8.07. The van der Waals surface area contributed by atoms with E-state index in [-0.39, 0.29) is 0 Å². The highest BCUT2D eigenvalue weighted by Gasteiger charge is 2.54. The summed E-state index contributed by atoms with van der Waals surface area (Å²) in [5.74, 6) is -2.66. The maximum absolute atomic E-state index is 10.5. The fourth-order valence-corrected chi connectivity index (χ4v) is 2.17. The minimum Gasteiger partial charge on any atom is -0.387 e. The van der Waals surface area contributed by atoms with Gasteiger partial charge in [0.1, 0.15) is 24.9 Å². The smallest absolute Gasteiger partial charge is 0.387 e. The highest BCUT2D eigenvalue weighted by Crippen LogP contribution is 2.41. The van der Waals surface area contributed by atoms with Gasteiger partial charge in [-0.3, -0.25) is 9.05 Å². The highest BCUT2D eigenvalue weighted by atomic mass is 31.2. The maximum atomic E-state index is 10.5.